The highest BCUT2D eigenvalue weighted by Gasteiger charge is 2.28. The van der Waals surface area contributed by atoms with Gasteiger partial charge in [0.15, 0.2) is 0 Å². The molecule has 0 bridgehead atoms. The second-order valence-electron chi connectivity index (χ2n) is 4.60. The Morgan fingerprint density at radius 3 is 3.06 bits per heavy atom. The summed E-state index contributed by atoms with van der Waals surface area (Å²) in [4.78, 5) is 15.5. The summed E-state index contributed by atoms with van der Waals surface area (Å²) in [6.07, 6.45) is 1.12. The Labute approximate surface area is 108 Å². The van der Waals surface area contributed by atoms with E-state index in [0.29, 0.717) is 11.5 Å². The van der Waals surface area contributed by atoms with Crippen molar-refractivity contribution >= 4 is 27.5 Å². The highest BCUT2D eigenvalue weighted by atomic mass is 32.1. The maximum atomic E-state index is 10.9. The van der Waals surface area contributed by atoms with Crippen LogP contribution in [0.2, 0.25) is 0 Å². The summed E-state index contributed by atoms with van der Waals surface area (Å²) in [7, 11) is 0. The first-order chi connectivity index (χ1) is 8.65. The van der Waals surface area contributed by atoms with Gasteiger partial charge in [0.05, 0.1) is 15.8 Å². The molecule has 2 unspecified atom stereocenters. The number of benzene rings is 1. The molecule has 0 amide bonds. The van der Waals surface area contributed by atoms with E-state index in [1.165, 1.54) is 11.3 Å². The van der Waals surface area contributed by atoms with Crippen LogP contribution in [0.25, 0.3) is 10.2 Å². The molecule has 94 valence electrons. The zero-order chi connectivity index (χ0) is 12.7. The summed E-state index contributed by atoms with van der Waals surface area (Å²) < 4.78 is 6.60. The van der Waals surface area contributed by atoms with Crippen LogP contribution >= 0.6 is 11.3 Å². The van der Waals surface area contributed by atoms with Crippen LogP contribution in [0.3, 0.4) is 0 Å². The van der Waals surface area contributed by atoms with Gasteiger partial charge < -0.3 is 9.84 Å². The van der Waals surface area contributed by atoms with Gasteiger partial charge in [-0.25, -0.2) is 9.78 Å². The van der Waals surface area contributed by atoms with Crippen LogP contribution in [0.15, 0.2) is 18.2 Å². The van der Waals surface area contributed by atoms with Crippen LogP contribution < -0.4 is 0 Å². The third-order valence-corrected chi connectivity index (χ3v) is 4.36. The molecule has 0 radical (unpaired) electrons. The number of nitrogens with zero attached hydrogens (tertiary/aromatic N) is 1. The Balaban J connectivity index is 2.02. The number of aromatic carboxylic acids is 1. The average Bonchev–Trinajstić information content (AvgIpc) is 2.92. The molecule has 1 aromatic carbocycles. The fourth-order valence-corrected chi connectivity index (χ4v) is 3.40. The Bertz CT molecular complexity index is 607. The number of fused-ring (bicyclic) bond motifs is 1. The number of ether oxygens (including phenoxy) is 1. The lowest BCUT2D eigenvalue weighted by Gasteiger charge is -2.10. The van der Waals surface area contributed by atoms with E-state index in [9.17, 15) is 4.79 Å². The zero-order valence-corrected chi connectivity index (χ0v) is 10.7. The molecule has 5 heteroatoms. The number of carbonyl (C=O) groups is 1. The molecule has 0 aliphatic carbocycles. The van der Waals surface area contributed by atoms with Gasteiger partial charge in [0.1, 0.15) is 11.1 Å². The van der Waals surface area contributed by atoms with Gasteiger partial charge in [-0.3, -0.25) is 0 Å². The van der Waals surface area contributed by atoms with Crippen molar-refractivity contribution in [1.29, 1.82) is 0 Å². The molecule has 1 fully saturated rings. The molecule has 0 spiro atoms. The van der Waals surface area contributed by atoms with Gasteiger partial charge >= 0.3 is 5.97 Å². The lowest BCUT2D eigenvalue weighted by Crippen LogP contribution is -2.02. The summed E-state index contributed by atoms with van der Waals surface area (Å²) >= 11 is 1.53. The van der Waals surface area contributed by atoms with Gasteiger partial charge in [-0.05, 0) is 30.5 Å². The van der Waals surface area contributed by atoms with Crippen molar-refractivity contribution in [3.63, 3.8) is 0 Å². The van der Waals surface area contributed by atoms with Gasteiger partial charge in [0.2, 0.25) is 0 Å². The highest BCUT2D eigenvalue weighted by Crippen LogP contribution is 2.38. The Morgan fingerprint density at radius 1 is 1.56 bits per heavy atom. The van der Waals surface area contributed by atoms with Crippen molar-refractivity contribution in [3.8, 4) is 0 Å². The summed E-state index contributed by atoms with van der Waals surface area (Å²) in [5.74, 6) is -0.429. The largest absolute Gasteiger partial charge is 0.478 e. The van der Waals surface area contributed by atoms with Crippen molar-refractivity contribution < 1.29 is 14.6 Å². The van der Waals surface area contributed by atoms with E-state index in [1.807, 2.05) is 0 Å². The van der Waals surface area contributed by atoms with Gasteiger partial charge in [0, 0.05) is 6.61 Å². The van der Waals surface area contributed by atoms with E-state index >= 15 is 0 Å². The van der Waals surface area contributed by atoms with E-state index in [-0.39, 0.29) is 6.10 Å². The second-order valence-corrected chi connectivity index (χ2v) is 5.66. The predicted molar refractivity (Wildman–Crippen MR) is 69.1 cm³/mol. The Morgan fingerprint density at radius 2 is 2.39 bits per heavy atom. The van der Waals surface area contributed by atoms with Crippen molar-refractivity contribution in [2.45, 2.75) is 19.4 Å². The zero-order valence-electron chi connectivity index (χ0n) is 9.92. The second kappa shape index (κ2) is 4.33. The van der Waals surface area contributed by atoms with Crippen LogP contribution in [0, 0.1) is 5.92 Å². The minimum atomic E-state index is -0.905. The topological polar surface area (TPSA) is 59.4 Å². The maximum Gasteiger partial charge on any atom is 0.335 e. The van der Waals surface area contributed by atoms with Crippen LogP contribution in [0.4, 0.5) is 0 Å². The summed E-state index contributed by atoms with van der Waals surface area (Å²) in [5.41, 5.74) is 1.15. The summed E-state index contributed by atoms with van der Waals surface area (Å²) in [6.45, 7) is 2.94. The normalized spacial score (nSPS) is 23.6. The lowest BCUT2D eigenvalue weighted by atomic mass is 10.1. The Hall–Kier alpha value is -1.46. The van der Waals surface area contributed by atoms with E-state index in [4.69, 9.17) is 9.84 Å². The van der Waals surface area contributed by atoms with Crippen molar-refractivity contribution in [2.75, 3.05) is 6.61 Å². The van der Waals surface area contributed by atoms with Crippen LogP contribution in [-0.2, 0) is 4.74 Å². The first-order valence-electron chi connectivity index (χ1n) is 5.90. The monoisotopic (exact) mass is 263 g/mol. The van der Waals surface area contributed by atoms with Crippen LogP contribution in [-0.4, -0.2) is 22.7 Å². The van der Waals surface area contributed by atoms with Crippen molar-refractivity contribution in [1.82, 2.24) is 4.98 Å². The van der Waals surface area contributed by atoms with E-state index in [0.717, 1.165) is 28.3 Å². The maximum absolute atomic E-state index is 10.9. The standard InChI is InChI=1S/C13H13NO3S/c1-7-4-5-17-11(7)12-14-9-3-2-8(13(15)16)6-10(9)18-12/h2-3,6-7,11H,4-5H2,1H3,(H,15,16). The van der Waals surface area contributed by atoms with E-state index in [1.54, 1.807) is 18.2 Å². The van der Waals surface area contributed by atoms with Gasteiger partial charge in [-0.1, -0.05) is 6.92 Å². The van der Waals surface area contributed by atoms with E-state index < -0.39 is 5.97 Å². The minimum Gasteiger partial charge on any atom is -0.478 e. The number of carboxylic acids is 1. The fourth-order valence-electron chi connectivity index (χ4n) is 2.21. The first-order valence-corrected chi connectivity index (χ1v) is 6.72. The van der Waals surface area contributed by atoms with Crippen LogP contribution in [0.5, 0.6) is 0 Å². The molecule has 0 saturated carbocycles. The fraction of sp³-hybridized carbons (Fsp3) is 0.385. The third kappa shape index (κ3) is 1.89. The number of rotatable bonds is 2. The van der Waals surface area contributed by atoms with Gasteiger partial charge in [0.25, 0.3) is 0 Å². The third-order valence-electron chi connectivity index (χ3n) is 3.28. The molecule has 3 rings (SSSR count). The molecular formula is C13H13NO3S. The quantitative estimate of drug-likeness (QED) is 0.904. The molecule has 1 aromatic heterocycles. The van der Waals surface area contributed by atoms with E-state index in [2.05, 4.69) is 11.9 Å². The molecule has 2 aromatic rings. The molecule has 18 heavy (non-hydrogen) atoms. The molecule has 2 atom stereocenters. The number of thiazole rings is 1. The van der Waals surface area contributed by atoms with Gasteiger partial charge in [-0.15, -0.1) is 11.3 Å². The number of aromatic nitrogens is 1. The van der Waals surface area contributed by atoms with Gasteiger partial charge in [-0.2, -0.15) is 0 Å². The smallest absolute Gasteiger partial charge is 0.335 e. The number of carboxylic acid groups (broad SMARTS) is 1. The molecule has 4 nitrogen and oxygen atoms in total. The highest BCUT2D eigenvalue weighted by molar-refractivity contribution is 7.18. The average molecular weight is 263 g/mol. The molecule has 2 heterocycles. The Kier molecular flexibility index (Phi) is 2.80. The van der Waals surface area contributed by atoms with Crippen LogP contribution in [0.1, 0.15) is 34.8 Å². The molecule has 1 saturated heterocycles. The minimum absolute atomic E-state index is 0.0654. The molecule has 1 aliphatic heterocycles. The number of hydrogen-bond acceptors (Lipinski definition) is 4. The lowest BCUT2D eigenvalue weighted by molar-refractivity contribution is 0.0697. The molecule has 1 N–H and O–H groups in total. The predicted octanol–water partition coefficient (Wildman–Crippen LogP) is 3.09. The molecule has 1 aliphatic rings. The summed E-state index contributed by atoms with van der Waals surface area (Å²) in [5, 5.41) is 9.92. The van der Waals surface area contributed by atoms with Crippen molar-refractivity contribution in [3.05, 3.63) is 28.8 Å². The SMILES string of the molecule is CC1CCOC1c1nc2ccc(C(=O)O)cc2s1. The first kappa shape index (κ1) is 11.6. The number of hydrogen-bond donors (Lipinski definition) is 1. The summed E-state index contributed by atoms with van der Waals surface area (Å²) in [6, 6.07) is 5.03. The van der Waals surface area contributed by atoms with Crippen molar-refractivity contribution in [2.24, 2.45) is 5.92 Å². The molecular weight excluding hydrogens is 250 g/mol.